The van der Waals surface area contributed by atoms with Crippen molar-refractivity contribution in [3.8, 4) is 5.75 Å². The molecule has 0 aromatic heterocycles. The van der Waals surface area contributed by atoms with E-state index in [0.29, 0.717) is 38.0 Å². The zero-order valence-electron chi connectivity index (χ0n) is 23.4. The van der Waals surface area contributed by atoms with E-state index in [1.54, 1.807) is 16.4 Å². The van der Waals surface area contributed by atoms with Crippen molar-refractivity contribution in [2.45, 2.75) is 49.3 Å². The Morgan fingerprint density at radius 2 is 1.69 bits per heavy atom. The first-order chi connectivity index (χ1) is 20.1. The third kappa shape index (κ3) is 7.33. The quantitative estimate of drug-likeness (QED) is 0.384. The van der Waals surface area contributed by atoms with Gasteiger partial charge >= 0.3 is 6.61 Å². The molecule has 5 rings (SSSR count). The lowest BCUT2D eigenvalue weighted by Crippen LogP contribution is -2.62. The van der Waals surface area contributed by atoms with E-state index < -0.39 is 22.2 Å². The lowest BCUT2D eigenvalue weighted by molar-refractivity contribution is -0.139. The number of nitrogens with zero attached hydrogens (tertiary/aromatic N) is 2. The summed E-state index contributed by atoms with van der Waals surface area (Å²) in [5, 5.41) is 2.78. The first kappa shape index (κ1) is 30.1. The fourth-order valence-electron chi connectivity index (χ4n) is 5.53. The Balaban J connectivity index is 1.23. The standard InChI is InChI=1S/C31H35F2N3O5S/c1-23-7-13-28(14-8-23)42(38,39)36-22-31(40-21-26(36)19-24-5-3-2-4-6-24)15-17-35(18-16-31)20-29(37)34-25-9-11-27(12-10-25)41-30(32)33/h2-14,26,30H,15-22H2,1H3,(H,34,37)/t26-/m1/s1. The molecule has 2 fully saturated rings. The molecule has 3 aromatic carbocycles. The van der Waals surface area contributed by atoms with Gasteiger partial charge in [0.15, 0.2) is 0 Å². The Morgan fingerprint density at radius 1 is 1.02 bits per heavy atom. The number of ether oxygens (including phenoxy) is 2. The fraction of sp³-hybridized carbons (Fsp3) is 0.387. The maximum atomic E-state index is 13.9. The molecule has 2 aliphatic heterocycles. The second-order valence-electron chi connectivity index (χ2n) is 10.9. The van der Waals surface area contributed by atoms with E-state index in [1.807, 2.05) is 54.3 Å². The third-order valence-corrected chi connectivity index (χ3v) is 9.79. The molecule has 2 aliphatic rings. The van der Waals surface area contributed by atoms with E-state index in [4.69, 9.17) is 4.74 Å². The highest BCUT2D eigenvalue weighted by Crippen LogP contribution is 2.36. The number of halogens is 2. The van der Waals surface area contributed by atoms with Crippen LogP contribution in [0.2, 0.25) is 0 Å². The van der Waals surface area contributed by atoms with Gasteiger partial charge < -0.3 is 14.8 Å². The monoisotopic (exact) mass is 599 g/mol. The predicted molar refractivity (Wildman–Crippen MR) is 155 cm³/mol. The number of nitrogens with one attached hydrogen (secondary N) is 1. The van der Waals surface area contributed by atoms with Gasteiger partial charge in [-0.1, -0.05) is 48.0 Å². The molecule has 1 N–H and O–H groups in total. The summed E-state index contributed by atoms with van der Waals surface area (Å²) in [6.07, 6.45) is 1.71. The van der Waals surface area contributed by atoms with E-state index >= 15 is 0 Å². The van der Waals surface area contributed by atoms with Crippen LogP contribution in [0.3, 0.4) is 0 Å². The summed E-state index contributed by atoms with van der Waals surface area (Å²) in [5.74, 6) is -0.217. The van der Waals surface area contributed by atoms with Crippen LogP contribution in [0.4, 0.5) is 14.5 Å². The molecular formula is C31H35F2N3O5S. The van der Waals surface area contributed by atoms with Crippen LogP contribution in [0.15, 0.2) is 83.8 Å². The molecule has 8 nitrogen and oxygen atoms in total. The summed E-state index contributed by atoms with van der Waals surface area (Å²) in [5.41, 5.74) is 1.87. The van der Waals surface area contributed by atoms with Gasteiger partial charge in [-0.3, -0.25) is 9.69 Å². The normalized spacial score (nSPS) is 19.6. The van der Waals surface area contributed by atoms with Gasteiger partial charge in [0.05, 0.1) is 29.7 Å². The number of hydrogen-bond donors (Lipinski definition) is 1. The molecule has 3 aromatic rings. The zero-order valence-corrected chi connectivity index (χ0v) is 24.2. The largest absolute Gasteiger partial charge is 0.435 e. The van der Waals surface area contributed by atoms with Crippen molar-refractivity contribution in [1.82, 2.24) is 9.21 Å². The minimum absolute atomic E-state index is 0.0150. The smallest absolute Gasteiger partial charge is 0.387 e. The van der Waals surface area contributed by atoms with E-state index in [-0.39, 0.29) is 42.3 Å². The van der Waals surface area contributed by atoms with Crippen LogP contribution in [0.5, 0.6) is 5.75 Å². The molecule has 1 atom stereocenters. The Morgan fingerprint density at radius 3 is 2.33 bits per heavy atom. The molecule has 11 heteroatoms. The highest BCUT2D eigenvalue weighted by molar-refractivity contribution is 7.89. The summed E-state index contributed by atoms with van der Waals surface area (Å²) in [7, 11) is -3.78. The average molecular weight is 600 g/mol. The van der Waals surface area contributed by atoms with Crippen molar-refractivity contribution in [2.24, 2.45) is 0 Å². The van der Waals surface area contributed by atoms with Crippen LogP contribution < -0.4 is 10.1 Å². The van der Waals surface area contributed by atoms with Gasteiger partial charge in [0.1, 0.15) is 5.75 Å². The molecule has 1 spiro atoms. The van der Waals surface area contributed by atoms with Crippen molar-refractivity contribution in [3.63, 3.8) is 0 Å². The van der Waals surface area contributed by atoms with Crippen LogP contribution in [0.25, 0.3) is 0 Å². The zero-order chi connectivity index (χ0) is 29.7. The van der Waals surface area contributed by atoms with Crippen LogP contribution in [-0.4, -0.2) is 74.6 Å². The number of carbonyl (C=O) groups is 1. The van der Waals surface area contributed by atoms with Crippen LogP contribution in [0.1, 0.15) is 24.0 Å². The number of carbonyl (C=O) groups excluding carboxylic acids is 1. The van der Waals surface area contributed by atoms with Gasteiger partial charge in [-0.15, -0.1) is 0 Å². The Hall–Kier alpha value is -3.38. The summed E-state index contributed by atoms with van der Waals surface area (Å²) >= 11 is 0. The molecule has 0 radical (unpaired) electrons. The molecule has 2 saturated heterocycles. The fourth-order valence-corrected chi connectivity index (χ4v) is 7.22. The van der Waals surface area contributed by atoms with Crippen molar-refractivity contribution in [1.29, 1.82) is 0 Å². The van der Waals surface area contributed by atoms with Crippen molar-refractivity contribution in [2.75, 3.05) is 38.1 Å². The number of amides is 1. The second kappa shape index (κ2) is 12.9. The summed E-state index contributed by atoms with van der Waals surface area (Å²) in [6, 6.07) is 22.2. The van der Waals surface area contributed by atoms with Gasteiger partial charge in [0.25, 0.3) is 0 Å². The van der Waals surface area contributed by atoms with Crippen molar-refractivity contribution in [3.05, 3.63) is 90.0 Å². The number of likely N-dealkylation sites (tertiary alicyclic amines) is 1. The maximum Gasteiger partial charge on any atom is 0.387 e. The lowest BCUT2D eigenvalue weighted by atomic mass is 9.88. The van der Waals surface area contributed by atoms with Gasteiger partial charge in [0, 0.05) is 25.3 Å². The number of piperidine rings is 1. The number of rotatable bonds is 9. The molecule has 0 saturated carbocycles. The summed E-state index contributed by atoms with van der Waals surface area (Å²) in [4.78, 5) is 14.9. The van der Waals surface area contributed by atoms with Crippen molar-refractivity contribution < 1.29 is 31.5 Å². The molecule has 0 aliphatic carbocycles. The van der Waals surface area contributed by atoms with E-state index in [1.165, 1.54) is 24.3 Å². The Bertz CT molecular complexity index is 1450. The van der Waals surface area contributed by atoms with E-state index in [0.717, 1.165) is 11.1 Å². The number of aryl methyl sites for hydroxylation is 1. The number of alkyl halides is 2. The summed E-state index contributed by atoms with van der Waals surface area (Å²) in [6.45, 7) is 0.818. The highest BCUT2D eigenvalue weighted by atomic mass is 32.2. The number of hydrogen-bond acceptors (Lipinski definition) is 6. The molecule has 224 valence electrons. The van der Waals surface area contributed by atoms with Gasteiger partial charge in [0.2, 0.25) is 15.9 Å². The summed E-state index contributed by atoms with van der Waals surface area (Å²) < 4.78 is 65.0. The number of morpholine rings is 1. The molecule has 1 amide bonds. The lowest BCUT2D eigenvalue weighted by Gasteiger charge is -2.49. The number of sulfonamides is 1. The second-order valence-corrected chi connectivity index (χ2v) is 12.8. The van der Waals surface area contributed by atoms with Crippen molar-refractivity contribution >= 4 is 21.6 Å². The molecule has 42 heavy (non-hydrogen) atoms. The SMILES string of the molecule is Cc1ccc(S(=O)(=O)N2CC3(CCN(CC(=O)Nc4ccc(OC(F)F)cc4)CC3)OC[C@H]2Cc2ccccc2)cc1. The molecule has 0 unspecified atom stereocenters. The minimum atomic E-state index is -3.78. The van der Waals surface area contributed by atoms with Gasteiger partial charge in [-0.2, -0.15) is 13.1 Å². The molecule has 0 bridgehead atoms. The minimum Gasteiger partial charge on any atom is -0.435 e. The van der Waals surface area contributed by atoms with Crippen LogP contribution in [-0.2, 0) is 26.0 Å². The Kier molecular flexibility index (Phi) is 9.22. The first-order valence-electron chi connectivity index (χ1n) is 14.0. The van der Waals surface area contributed by atoms with Gasteiger partial charge in [-0.05, 0) is 68.1 Å². The average Bonchev–Trinajstić information content (AvgIpc) is 2.97. The van der Waals surface area contributed by atoms with Crippen LogP contribution >= 0.6 is 0 Å². The number of anilines is 1. The molecular weight excluding hydrogens is 564 g/mol. The van der Waals surface area contributed by atoms with E-state index in [9.17, 15) is 22.0 Å². The predicted octanol–water partition coefficient (Wildman–Crippen LogP) is 4.70. The maximum absolute atomic E-state index is 13.9. The topological polar surface area (TPSA) is 88.2 Å². The van der Waals surface area contributed by atoms with E-state index in [2.05, 4.69) is 10.1 Å². The number of benzene rings is 3. The van der Waals surface area contributed by atoms with Crippen LogP contribution in [0, 0.1) is 6.92 Å². The highest BCUT2D eigenvalue weighted by Gasteiger charge is 2.47. The first-order valence-corrected chi connectivity index (χ1v) is 15.4. The molecule has 2 heterocycles. The Labute approximate surface area is 245 Å². The van der Waals surface area contributed by atoms with Gasteiger partial charge in [-0.25, -0.2) is 8.42 Å². The third-order valence-electron chi connectivity index (χ3n) is 7.87.